The van der Waals surface area contributed by atoms with Gasteiger partial charge in [0, 0.05) is 6.54 Å². The number of amides is 1. The Hall–Kier alpha value is -1.62. The third-order valence-electron chi connectivity index (χ3n) is 3.52. The van der Waals surface area contributed by atoms with Crippen molar-refractivity contribution in [3.63, 3.8) is 0 Å². The van der Waals surface area contributed by atoms with Crippen LogP contribution >= 0.6 is 0 Å². The zero-order valence-electron chi connectivity index (χ0n) is 12.6. The molecule has 0 fully saturated rings. The average Bonchev–Trinajstić information content (AvgIpc) is 2.48. The summed E-state index contributed by atoms with van der Waals surface area (Å²) in [6, 6.07) is 6.07. The van der Waals surface area contributed by atoms with E-state index >= 15 is 0 Å². The Morgan fingerprint density at radius 1 is 1.33 bits per heavy atom. The molecule has 1 unspecified atom stereocenters. The zero-order valence-corrected chi connectivity index (χ0v) is 12.6. The fourth-order valence-electron chi connectivity index (χ4n) is 2.12. The number of hydrogen-bond acceptors (Lipinski definition) is 3. The van der Waals surface area contributed by atoms with Gasteiger partial charge in [-0.2, -0.15) is 0 Å². The smallest absolute Gasteiger partial charge is 0.223 e. The Morgan fingerprint density at radius 3 is 2.62 bits per heavy atom. The molecule has 0 spiro atoms. The lowest BCUT2D eigenvalue weighted by atomic mass is 9.96. The molecule has 21 heavy (non-hydrogen) atoms. The summed E-state index contributed by atoms with van der Waals surface area (Å²) in [6.07, 6.45) is 1.36. The number of hydrogen-bond donors (Lipinski definition) is 2. The molecule has 118 valence electrons. The Morgan fingerprint density at radius 2 is 2.00 bits per heavy atom. The number of halogens is 1. The van der Waals surface area contributed by atoms with Crippen molar-refractivity contribution in [3.05, 3.63) is 30.1 Å². The van der Waals surface area contributed by atoms with E-state index in [-0.39, 0.29) is 37.1 Å². The maximum atomic E-state index is 13.3. The van der Waals surface area contributed by atoms with Crippen LogP contribution in [0.1, 0.15) is 33.1 Å². The molecule has 0 saturated carbocycles. The van der Waals surface area contributed by atoms with Crippen molar-refractivity contribution >= 4 is 5.91 Å². The second-order valence-electron chi connectivity index (χ2n) is 4.98. The second-order valence-corrected chi connectivity index (χ2v) is 4.98. The monoisotopic (exact) mass is 297 g/mol. The molecule has 4 nitrogen and oxygen atoms in total. The summed E-state index contributed by atoms with van der Waals surface area (Å²) in [5.41, 5.74) is 0. The first-order valence-corrected chi connectivity index (χ1v) is 7.40. The van der Waals surface area contributed by atoms with Gasteiger partial charge in [-0.15, -0.1) is 0 Å². The number of aliphatic hydroxyl groups is 1. The molecule has 5 heteroatoms. The molecule has 0 saturated heterocycles. The zero-order chi connectivity index (χ0) is 15.7. The molecule has 0 aliphatic rings. The number of nitrogens with one attached hydrogen (secondary N) is 1. The first-order valence-electron chi connectivity index (χ1n) is 7.40. The number of benzene rings is 1. The van der Waals surface area contributed by atoms with Gasteiger partial charge in [0.2, 0.25) is 5.91 Å². The molecule has 0 radical (unpaired) electrons. The maximum absolute atomic E-state index is 13.3. The minimum atomic E-state index is -0.531. The van der Waals surface area contributed by atoms with E-state index in [0.29, 0.717) is 0 Å². The van der Waals surface area contributed by atoms with Crippen molar-refractivity contribution in [2.24, 2.45) is 5.92 Å². The molecule has 1 aromatic rings. The maximum Gasteiger partial charge on any atom is 0.223 e. The molecular formula is C16H24FNO3. The highest BCUT2D eigenvalue weighted by Gasteiger charge is 2.16. The van der Waals surface area contributed by atoms with E-state index in [2.05, 4.69) is 5.32 Å². The lowest BCUT2D eigenvalue weighted by Crippen LogP contribution is -2.36. The van der Waals surface area contributed by atoms with Crippen molar-refractivity contribution in [2.75, 3.05) is 13.2 Å². The number of aliphatic hydroxyl groups excluding tert-OH is 1. The highest BCUT2D eigenvalue weighted by Crippen LogP contribution is 2.15. The normalized spacial score (nSPS) is 12.2. The van der Waals surface area contributed by atoms with Gasteiger partial charge in [0.15, 0.2) is 11.6 Å². The Labute approximate surface area is 125 Å². The molecule has 0 heterocycles. The van der Waals surface area contributed by atoms with E-state index in [4.69, 9.17) is 4.74 Å². The topological polar surface area (TPSA) is 58.6 Å². The summed E-state index contributed by atoms with van der Waals surface area (Å²) >= 11 is 0. The van der Waals surface area contributed by atoms with Gasteiger partial charge in [-0.3, -0.25) is 4.79 Å². The van der Waals surface area contributed by atoms with Crippen LogP contribution in [0.15, 0.2) is 24.3 Å². The number of para-hydroxylation sites is 1. The first kappa shape index (κ1) is 17.4. The molecule has 1 aromatic carbocycles. The summed E-state index contributed by atoms with van der Waals surface area (Å²) in [5, 5.41) is 12.6. The number of carbonyl (C=O) groups excluding carboxylic acids is 1. The Bertz CT molecular complexity index is 435. The minimum Gasteiger partial charge on any atom is -0.490 e. The van der Waals surface area contributed by atoms with Crippen LogP contribution in [0.2, 0.25) is 0 Å². The van der Waals surface area contributed by atoms with Crippen LogP contribution in [0, 0.1) is 11.7 Å². The first-order chi connectivity index (χ1) is 10.1. The van der Waals surface area contributed by atoms with Gasteiger partial charge in [-0.25, -0.2) is 4.39 Å². The Kier molecular flexibility index (Phi) is 7.75. The summed E-state index contributed by atoms with van der Waals surface area (Å²) in [5.74, 6) is -0.319. The van der Waals surface area contributed by atoms with Crippen molar-refractivity contribution in [2.45, 2.75) is 39.2 Å². The minimum absolute atomic E-state index is 0.105. The van der Waals surface area contributed by atoms with Crippen LogP contribution in [0.4, 0.5) is 4.39 Å². The molecule has 0 bridgehead atoms. The second kappa shape index (κ2) is 9.34. The summed E-state index contributed by atoms with van der Waals surface area (Å²) in [7, 11) is 0. The van der Waals surface area contributed by atoms with Gasteiger partial charge < -0.3 is 15.2 Å². The summed E-state index contributed by atoms with van der Waals surface area (Å²) < 4.78 is 18.5. The van der Waals surface area contributed by atoms with Crippen molar-refractivity contribution < 1.29 is 19.0 Å². The highest BCUT2D eigenvalue weighted by atomic mass is 19.1. The number of carbonyl (C=O) groups is 1. The quantitative estimate of drug-likeness (QED) is 0.736. The number of rotatable bonds is 9. The third-order valence-corrected chi connectivity index (χ3v) is 3.52. The average molecular weight is 297 g/mol. The van der Waals surface area contributed by atoms with Gasteiger partial charge in [0.05, 0.1) is 19.1 Å². The van der Waals surface area contributed by atoms with Crippen LogP contribution in [0.3, 0.4) is 0 Å². The van der Waals surface area contributed by atoms with Crippen LogP contribution in [-0.2, 0) is 4.79 Å². The molecule has 2 N–H and O–H groups in total. The van der Waals surface area contributed by atoms with E-state index in [1.165, 1.54) is 12.1 Å². The molecule has 0 aromatic heterocycles. The lowest BCUT2D eigenvalue weighted by molar-refractivity contribution is -0.122. The van der Waals surface area contributed by atoms with E-state index < -0.39 is 11.9 Å². The van der Waals surface area contributed by atoms with Crippen molar-refractivity contribution in [1.82, 2.24) is 5.32 Å². The number of ether oxygens (including phenoxy) is 1. The molecule has 1 rings (SSSR count). The highest BCUT2D eigenvalue weighted by molar-refractivity contribution is 5.76. The van der Waals surface area contributed by atoms with Crippen LogP contribution in [-0.4, -0.2) is 30.3 Å². The standard InChI is InChI=1S/C16H24FNO3/c1-3-12(4-2)14(19)11-18-16(20)9-10-21-15-8-6-5-7-13(15)17/h5-8,12,14,19H,3-4,9-11H2,1-2H3,(H,18,20). The van der Waals surface area contributed by atoms with Gasteiger partial charge >= 0.3 is 0 Å². The molecule has 1 atom stereocenters. The van der Waals surface area contributed by atoms with Gasteiger partial charge in [0.25, 0.3) is 0 Å². The SMILES string of the molecule is CCC(CC)C(O)CNC(=O)CCOc1ccccc1F. The van der Waals surface area contributed by atoms with E-state index in [1.54, 1.807) is 12.1 Å². The largest absolute Gasteiger partial charge is 0.490 e. The predicted molar refractivity (Wildman–Crippen MR) is 79.6 cm³/mol. The fourth-order valence-corrected chi connectivity index (χ4v) is 2.12. The summed E-state index contributed by atoms with van der Waals surface area (Å²) in [4.78, 5) is 11.6. The molecule has 1 amide bonds. The van der Waals surface area contributed by atoms with Gasteiger partial charge in [0.1, 0.15) is 0 Å². The lowest BCUT2D eigenvalue weighted by Gasteiger charge is -2.20. The van der Waals surface area contributed by atoms with Crippen molar-refractivity contribution in [3.8, 4) is 5.75 Å². The van der Waals surface area contributed by atoms with Crippen molar-refractivity contribution in [1.29, 1.82) is 0 Å². The molecular weight excluding hydrogens is 273 g/mol. The van der Waals surface area contributed by atoms with Crippen LogP contribution in [0.5, 0.6) is 5.75 Å². The Balaban J connectivity index is 2.24. The van der Waals surface area contributed by atoms with Crippen LogP contribution in [0.25, 0.3) is 0 Å². The fraction of sp³-hybridized carbons (Fsp3) is 0.562. The molecule has 0 aliphatic heterocycles. The third kappa shape index (κ3) is 6.12. The van der Waals surface area contributed by atoms with E-state index in [1.807, 2.05) is 13.8 Å². The van der Waals surface area contributed by atoms with Crippen LogP contribution < -0.4 is 10.1 Å². The predicted octanol–water partition coefficient (Wildman–Crippen LogP) is 2.51. The molecule has 0 aliphatic carbocycles. The van der Waals surface area contributed by atoms with E-state index in [0.717, 1.165) is 12.8 Å². The summed E-state index contributed by atoms with van der Waals surface area (Å²) in [6.45, 7) is 4.38. The van der Waals surface area contributed by atoms with Gasteiger partial charge in [-0.1, -0.05) is 38.8 Å². The van der Waals surface area contributed by atoms with Gasteiger partial charge in [-0.05, 0) is 18.1 Å². The van der Waals surface area contributed by atoms with E-state index in [9.17, 15) is 14.3 Å².